The first-order valence-electron chi connectivity index (χ1n) is 13.4. The number of anilines is 2. The summed E-state index contributed by atoms with van der Waals surface area (Å²) in [6.45, 7) is -0.412. The smallest absolute Gasteiger partial charge is 0.418 e. The number of H-pyrrole nitrogens is 1. The third kappa shape index (κ3) is 5.85. The summed E-state index contributed by atoms with van der Waals surface area (Å²) in [5.41, 5.74) is -0.829. The molecule has 1 saturated heterocycles. The van der Waals surface area contributed by atoms with Crippen LogP contribution in [0.2, 0.25) is 10.0 Å². The van der Waals surface area contributed by atoms with Gasteiger partial charge in [-0.25, -0.2) is 4.90 Å². The molecular weight excluding hydrogens is 690 g/mol. The molecule has 1 aromatic heterocycles. The SMILES string of the molecule is COc1cc(C2c3sc(=O)[nH]c3SC3C(=O)N(c4ccccc4C(F)(F)F)C(=O)C32)ccc1OCC(=O)Nc1ccc(Cl)c(Cl)c1. The third-order valence-corrected chi connectivity index (χ3v) is 10.5. The summed E-state index contributed by atoms with van der Waals surface area (Å²) < 4.78 is 52.9. The molecule has 2 aliphatic rings. The van der Waals surface area contributed by atoms with E-state index in [0.29, 0.717) is 31.1 Å². The number of alkyl halides is 3. The number of para-hydroxylation sites is 1. The van der Waals surface area contributed by atoms with Gasteiger partial charge in [0.2, 0.25) is 11.8 Å². The van der Waals surface area contributed by atoms with Crippen LogP contribution in [0.1, 0.15) is 21.9 Å². The topological polar surface area (TPSA) is 118 Å². The molecule has 2 aliphatic heterocycles. The Morgan fingerprint density at radius 3 is 2.48 bits per heavy atom. The van der Waals surface area contributed by atoms with Crippen LogP contribution in [0.3, 0.4) is 0 Å². The molecule has 0 radical (unpaired) electrons. The number of methoxy groups -OCH3 is 1. The van der Waals surface area contributed by atoms with Gasteiger partial charge in [0, 0.05) is 16.5 Å². The number of thioether (sulfide) groups is 1. The number of aromatic amines is 1. The molecule has 3 unspecified atom stereocenters. The minimum absolute atomic E-state index is 0.175. The Hall–Kier alpha value is -3.98. The van der Waals surface area contributed by atoms with Gasteiger partial charge in [0.25, 0.3) is 5.91 Å². The molecule has 3 heterocycles. The number of halogens is 5. The predicted molar refractivity (Wildman–Crippen MR) is 167 cm³/mol. The van der Waals surface area contributed by atoms with E-state index in [4.69, 9.17) is 32.7 Å². The van der Waals surface area contributed by atoms with E-state index < -0.39 is 63.7 Å². The minimum atomic E-state index is -4.82. The van der Waals surface area contributed by atoms with E-state index in [1.54, 1.807) is 18.2 Å². The Morgan fingerprint density at radius 2 is 1.76 bits per heavy atom. The van der Waals surface area contributed by atoms with Crippen LogP contribution in [-0.4, -0.2) is 41.7 Å². The number of benzene rings is 3. The number of rotatable bonds is 7. The summed E-state index contributed by atoms with van der Waals surface area (Å²) in [7, 11) is 1.36. The van der Waals surface area contributed by atoms with Crippen molar-refractivity contribution < 1.29 is 37.0 Å². The molecule has 238 valence electrons. The first kappa shape index (κ1) is 32.0. The van der Waals surface area contributed by atoms with Crippen molar-refractivity contribution in [3.63, 3.8) is 0 Å². The highest BCUT2D eigenvalue weighted by Crippen LogP contribution is 2.54. The molecule has 9 nitrogen and oxygen atoms in total. The number of hydrogen-bond acceptors (Lipinski definition) is 8. The molecular formula is C30H20Cl2F3N3O6S2. The van der Waals surface area contributed by atoms with Crippen molar-refractivity contribution in [2.75, 3.05) is 23.9 Å². The molecule has 0 bridgehead atoms. The Kier molecular flexibility index (Phi) is 8.57. The number of carbonyl (C=O) groups excluding carboxylic acids is 3. The van der Waals surface area contributed by atoms with Gasteiger partial charge in [-0.2, -0.15) is 13.2 Å². The summed E-state index contributed by atoms with van der Waals surface area (Å²) in [6.07, 6.45) is -4.82. The van der Waals surface area contributed by atoms with Gasteiger partial charge in [-0.05, 0) is 48.0 Å². The number of ether oxygens (including phenoxy) is 2. The lowest BCUT2D eigenvalue weighted by Crippen LogP contribution is -2.33. The molecule has 0 spiro atoms. The van der Waals surface area contributed by atoms with Crippen molar-refractivity contribution >= 4 is 75.4 Å². The lowest BCUT2D eigenvalue weighted by molar-refractivity contribution is -0.137. The average Bonchev–Trinajstić information content (AvgIpc) is 3.51. The van der Waals surface area contributed by atoms with Crippen molar-refractivity contribution in [1.29, 1.82) is 0 Å². The number of hydrogen-bond donors (Lipinski definition) is 2. The van der Waals surface area contributed by atoms with E-state index in [1.165, 1.54) is 37.4 Å². The lowest BCUT2D eigenvalue weighted by atomic mass is 9.83. The van der Waals surface area contributed by atoms with Gasteiger partial charge in [-0.3, -0.25) is 19.2 Å². The fourth-order valence-corrected chi connectivity index (χ4v) is 8.25. The standard InChI is InChI=1S/C30H20Cl2F3N3O6S2/c1-43-20-10-13(6-9-19(20)44-12-21(39)36-14-7-8-16(31)17(32)11-14)22-23-25(45-26-24(22)46-29(42)37-26)28(41)38(27(23)40)18-5-3-2-4-15(18)30(33,34)35/h2-11,22-23,25H,12H2,1H3,(H,36,39)(H,37,42). The highest BCUT2D eigenvalue weighted by molar-refractivity contribution is 8.00. The second-order valence-electron chi connectivity index (χ2n) is 10.2. The fourth-order valence-electron chi connectivity index (χ4n) is 5.43. The van der Waals surface area contributed by atoms with Crippen molar-refractivity contribution in [3.8, 4) is 11.5 Å². The first-order chi connectivity index (χ1) is 21.9. The molecule has 46 heavy (non-hydrogen) atoms. The van der Waals surface area contributed by atoms with Crippen LogP contribution in [0.15, 0.2) is 70.5 Å². The van der Waals surface area contributed by atoms with Crippen molar-refractivity contribution in [2.24, 2.45) is 5.92 Å². The van der Waals surface area contributed by atoms with E-state index in [2.05, 4.69) is 10.3 Å². The maximum atomic E-state index is 13.9. The van der Waals surface area contributed by atoms with Gasteiger partial charge in [-0.15, -0.1) is 0 Å². The van der Waals surface area contributed by atoms with Gasteiger partial charge < -0.3 is 19.8 Å². The van der Waals surface area contributed by atoms with Gasteiger partial charge in [0.1, 0.15) is 5.25 Å². The number of amides is 3. The normalized spacial score (nSPS) is 19.1. The molecule has 3 amide bonds. The Balaban J connectivity index is 1.31. The van der Waals surface area contributed by atoms with Crippen LogP contribution >= 0.6 is 46.3 Å². The summed E-state index contributed by atoms with van der Waals surface area (Å²) in [5.74, 6) is -3.82. The van der Waals surface area contributed by atoms with Gasteiger partial charge >= 0.3 is 11.0 Å². The number of nitrogens with zero attached hydrogens (tertiary/aromatic N) is 1. The molecule has 4 aromatic rings. The largest absolute Gasteiger partial charge is 0.493 e. The highest BCUT2D eigenvalue weighted by Gasteiger charge is 2.57. The van der Waals surface area contributed by atoms with Crippen LogP contribution < -0.4 is 24.6 Å². The second-order valence-corrected chi connectivity index (χ2v) is 13.1. The zero-order valence-corrected chi connectivity index (χ0v) is 26.5. The Bertz CT molecular complexity index is 1950. The number of carbonyl (C=O) groups is 3. The molecule has 0 saturated carbocycles. The van der Waals surface area contributed by atoms with Gasteiger partial charge in [0.15, 0.2) is 18.1 Å². The van der Waals surface area contributed by atoms with E-state index >= 15 is 0 Å². The number of aromatic nitrogens is 1. The molecule has 6 rings (SSSR count). The quantitative estimate of drug-likeness (QED) is 0.208. The van der Waals surface area contributed by atoms with E-state index in [0.717, 1.165) is 35.2 Å². The van der Waals surface area contributed by atoms with E-state index in [9.17, 15) is 32.3 Å². The maximum Gasteiger partial charge on any atom is 0.418 e. The monoisotopic (exact) mass is 709 g/mol. The van der Waals surface area contributed by atoms with Crippen molar-refractivity contribution in [3.05, 3.63) is 96.4 Å². The molecule has 1 fully saturated rings. The number of fused-ring (bicyclic) bond motifs is 2. The molecule has 3 atom stereocenters. The number of nitrogens with one attached hydrogen (secondary N) is 2. The summed E-state index contributed by atoms with van der Waals surface area (Å²) >= 11 is 13.7. The van der Waals surface area contributed by atoms with E-state index in [1.807, 2.05) is 0 Å². The number of imide groups is 1. The zero-order chi connectivity index (χ0) is 32.9. The highest BCUT2D eigenvalue weighted by atomic mass is 35.5. The predicted octanol–water partition coefficient (Wildman–Crippen LogP) is 6.58. The number of thiazole rings is 1. The zero-order valence-electron chi connectivity index (χ0n) is 23.3. The molecule has 3 aromatic carbocycles. The van der Waals surface area contributed by atoms with Crippen LogP contribution in [-0.2, 0) is 20.6 Å². The minimum Gasteiger partial charge on any atom is -0.493 e. The lowest BCUT2D eigenvalue weighted by Gasteiger charge is -2.30. The van der Waals surface area contributed by atoms with Crippen LogP contribution in [0, 0.1) is 5.92 Å². The van der Waals surface area contributed by atoms with E-state index in [-0.39, 0.29) is 16.5 Å². The van der Waals surface area contributed by atoms with Crippen LogP contribution in [0.25, 0.3) is 0 Å². The third-order valence-electron chi connectivity index (χ3n) is 7.38. The first-order valence-corrected chi connectivity index (χ1v) is 15.8. The summed E-state index contributed by atoms with van der Waals surface area (Å²) in [4.78, 5) is 55.8. The summed E-state index contributed by atoms with van der Waals surface area (Å²) in [6, 6.07) is 13.6. The Labute approximate surface area is 276 Å². The van der Waals surface area contributed by atoms with Gasteiger partial charge in [0.05, 0.1) is 39.3 Å². The van der Waals surface area contributed by atoms with Crippen LogP contribution in [0.5, 0.6) is 11.5 Å². The Morgan fingerprint density at radius 1 is 1.00 bits per heavy atom. The maximum absolute atomic E-state index is 13.9. The summed E-state index contributed by atoms with van der Waals surface area (Å²) in [5, 5.41) is 2.46. The molecule has 0 aliphatic carbocycles. The average molecular weight is 711 g/mol. The van der Waals surface area contributed by atoms with Crippen molar-refractivity contribution in [1.82, 2.24) is 4.98 Å². The molecule has 16 heteroatoms. The van der Waals surface area contributed by atoms with Crippen molar-refractivity contribution in [2.45, 2.75) is 22.4 Å². The molecule has 2 N–H and O–H groups in total. The fraction of sp³-hybridized carbons (Fsp3) is 0.200. The second kappa shape index (κ2) is 12.3. The van der Waals surface area contributed by atoms with Crippen LogP contribution in [0.4, 0.5) is 24.5 Å². The van der Waals surface area contributed by atoms with Gasteiger partial charge in [-0.1, -0.05) is 64.5 Å².